The molecule has 1 aromatic carbocycles. The van der Waals surface area contributed by atoms with E-state index in [0.29, 0.717) is 0 Å². The molecule has 1 heterocycles. The van der Waals surface area contributed by atoms with Crippen molar-refractivity contribution in [2.75, 3.05) is 6.61 Å². The summed E-state index contributed by atoms with van der Waals surface area (Å²) in [5.41, 5.74) is 1.26. The first-order chi connectivity index (χ1) is 6.57. The molecule has 1 unspecified atom stereocenters. The van der Waals surface area contributed by atoms with Gasteiger partial charge in [-0.2, -0.15) is 0 Å². The Balaban J connectivity index is 2.14. The first kappa shape index (κ1) is 10.1. The molecule has 1 atom stereocenters. The number of halogens is 1. The molecule has 1 saturated heterocycles. The van der Waals surface area contributed by atoms with Gasteiger partial charge in [-0.05, 0) is 31.5 Å². The standard InChI is InChI=1S/C11H14BrNO/c1-11(2)7-14-10(13-11)8-3-5-9(12)6-4-8/h3-6,10,13H,7H2,1-2H3. The number of rotatable bonds is 1. The molecule has 0 radical (unpaired) electrons. The summed E-state index contributed by atoms with van der Waals surface area (Å²) in [5, 5.41) is 3.43. The minimum Gasteiger partial charge on any atom is -0.357 e. The van der Waals surface area contributed by atoms with E-state index in [1.54, 1.807) is 0 Å². The summed E-state index contributed by atoms with van der Waals surface area (Å²) >= 11 is 3.42. The van der Waals surface area contributed by atoms with Gasteiger partial charge in [-0.25, -0.2) is 0 Å². The molecule has 0 aromatic heterocycles. The van der Waals surface area contributed by atoms with Crippen LogP contribution >= 0.6 is 15.9 Å². The molecule has 14 heavy (non-hydrogen) atoms. The maximum atomic E-state index is 5.67. The second kappa shape index (κ2) is 3.65. The van der Waals surface area contributed by atoms with Crippen LogP contribution in [0.3, 0.4) is 0 Å². The SMILES string of the molecule is CC1(C)COC(c2ccc(Br)cc2)N1. The van der Waals surface area contributed by atoms with Crippen molar-refractivity contribution >= 4 is 15.9 Å². The van der Waals surface area contributed by atoms with E-state index in [9.17, 15) is 0 Å². The Morgan fingerprint density at radius 3 is 2.50 bits per heavy atom. The van der Waals surface area contributed by atoms with Crippen molar-refractivity contribution in [3.63, 3.8) is 0 Å². The van der Waals surface area contributed by atoms with E-state index in [1.165, 1.54) is 5.56 Å². The van der Waals surface area contributed by atoms with E-state index in [-0.39, 0.29) is 11.8 Å². The quantitative estimate of drug-likeness (QED) is 0.834. The lowest BCUT2D eigenvalue weighted by molar-refractivity contribution is 0.0989. The van der Waals surface area contributed by atoms with Crippen molar-refractivity contribution in [1.82, 2.24) is 5.32 Å². The molecule has 2 rings (SSSR count). The van der Waals surface area contributed by atoms with Gasteiger partial charge in [-0.1, -0.05) is 28.1 Å². The summed E-state index contributed by atoms with van der Waals surface area (Å²) in [6, 6.07) is 8.21. The first-order valence-electron chi connectivity index (χ1n) is 4.72. The Bertz CT molecular complexity index is 321. The molecule has 0 bridgehead atoms. The van der Waals surface area contributed by atoms with E-state index >= 15 is 0 Å². The Hall–Kier alpha value is -0.380. The van der Waals surface area contributed by atoms with Crippen LogP contribution in [-0.2, 0) is 4.74 Å². The molecule has 0 aliphatic carbocycles. The summed E-state index contributed by atoms with van der Waals surface area (Å²) < 4.78 is 6.76. The molecule has 76 valence electrons. The van der Waals surface area contributed by atoms with Crippen LogP contribution < -0.4 is 5.32 Å². The number of nitrogens with one attached hydrogen (secondary N) is 1. The molecule has 0 saturated carbocycles. The Morgan fingerprint density at radius 1 is 1.36 bits per heavy atom. The summed E-state index contributed by atoms with van der Waals surface area (Å²) in [6.07, 6.45) is 0.0399. The van der Waals surface area contributed by atoms with Crippen LogP contribution in [-0.4, -0.2) is 12.1 Å². The highest BCUT2D eigenvalue weighted by molar-refractivity contribution is 9.10. The average Bonchev–Trinajstić information content (AvgIpc) is 2.47. The summed E-state index contributed by atoms with van der Waals surface area (Å²) in [6.45, 7) is 5.05. The third-order valence-corrected chi connectivity index (χ3v) is 2.83. The molecular formula is C11H14BrNO. The summed E-state index contributed by atoms with van der Waals surface area (Å²) in [7, 11) is 0. The van der Waals surface area contributed by atoms with Gasteiger partial charge in [0.15, 0.2) is 0 Å². The molecule has 3 heteroatoms. The summed E-state index contributed by atoms with van der Waals surface area (Å²) in [5.74, 6) is 0. The zero-order valence-electron chi connectivity index (χ0n) is 8.38. The number of hydrogen-bond donors (Lipinski definition) is 1. The van der Waals surface area contributed by atoms with Crippen molar-refractivity contribution in [1.29, 1.82) is 0 Å². The van der Waals surface area contributed by atoms with Crippen LogP contribution in [0.1, 0.15) is 25.6 Å². The molecule has 1 fully saturated rings. The van der Waals surface area contributed by atoms with Crippen molar-refractivity contribution < 1.29 is 4.74 Å². The van der Waals surface area contributed by atoms with Gasteiger partial charge in [0.1, 0.15) is 6.23 Å². The maximum absolute atomic E-state index is 5.67. The Kier molecular flexibility index (Phi) is 2.64. The fourth-order valence-corrected chi connectivity index (χ4v) is 1.81. The van der Waals surface area contributed by atoms with Gasteiger partial charge in [0.25, 0.3) is 0 Å². The fourth-order valence-electron chi connectivity index (χ4n) is 1.55. The lowest BCUT2D eigenvalue weighted by Gasteiger charge is -2.17. The second-order valence-electron chi connectivity index (χ2n) is 4.27. The molecule has 1 aliphatic heterocycles. The van der Waals surface area contributed by atoms with E-state index in [4.69, 9.17) is 4.74 Å². The van der Waals surface area contributed by atoms with Crippen molar-refractivity contribution in [2.45, 2.75) is 25.6 Å². The summed E-state index contributed by atoms with van der Waals surface area (Å²) in [4.78, 5) is 0. The van der Waals surface area contributed by atoms with E-state index in [0.717, 1.165) is 11.1 Å². The molecule has 1 aliphatic rings. The Labute approximate surface area is 92.8 Å². The van der Waals surface area contributed by atoms with Gasteiger partial charge < -0.3 is 4.74 Å². The molecular weight excluding hydrogens is 242 g/mol. The fraction of sp³-hybridized carbons (Fsp3) is 0.455. The van der Waals surface area contributed by atoms with Gasteiger partial charge in [-0.3, -0.25) is 5.32 Å². The number of benzene rings is 1. The van der Waals surface area contributed by atoms with Gasteiger partial charge in [-0.15, -0.1) is 0 Å². The smallest absolute Gasteiger partial charge is 0.134 e. The predicted molar refractivity (Wildman–Crippen MR) is 60.0 cm³/mol. The van der Waals surface area contributed by atoms with Crippen LogP contribution in [0.4, 0.5) is 0 Å². The second-order valence-corrected chi connectivity index (χ2v) is 5.19. The van der Waals surface area contributed by atoms with Crippen molar-refractivity contribution in [3.05, 3.63) is 34.3 Å². The highest BCUT2D eigenvalue weighted by Crippen LogP contribution is 2.26. The molecule has 2 nitrogen and oxygen atoms in total. The normalized spacial score (nSPS) is 25.2. The Morgan fingerprint density at radius 2 is 2.00 bits per heavy atom. The predicted octanol–water partition coefficient (Wildman–Crippen LogP) is 2.85. The minimum absolute atomic E-state index is 0.0399. The first-order valence-corrected chi connectivity index (χ1v) is 5.51. The average molecular weight is 256 g/mol. The maximum Gasteiger partial charge on any atom is 0.134 e. The van der Waals surface area contributed by atoms with Crippen LogP contribution in [0.5, 0.6) is 0 Å². The molecule has 0 amide bonds. The van der Waals surface area contributed by atoms with Gasteiger partial charge >= 0.3 is 0 Å². The molecule has 0 spiro atoms. The largest absolute Gasteiger partial charge is 0.357 e. The highest BCUT2D eigenvalue weighted by atomic mass is 79.9. The van der Waals surface area contributed by atoms with Gasteiger partial charge in [0, 0.05) is 10.0 Å². The van der Waals surface area contributed by atoms with Crippen molar-refractivity contribution in [3.8, 4) is 0 Å². The monoisotopic (exact) mass is 255 g/mol. The lowest BCUT2D eigenvalue weighted by Crippen LogP contribution is -2.35. The third-order valence-electron chi connectivity index (χ3n) is 2.31. The van der Waals surface area contributed by atoms with E-state index < -0.39 is 0 Å². The van der Waals surface area contributed by atoms with Crippen LogP contribution in [0.2, 0.25) is 0 Å². The number of ether oxygens (including phenoxy) is 1. The van der Waals surface area contributed by atoms with Crippen LogP contribution in [0, 0.1) is 0 Å². The third kappa shape index (κ3) is 2.16. The van der Waals surface area contributed by atoms with E-state index in [1.807, 2.05) is 12.1 Å². The molecule has 1 aromatic rings. The topological polar surface area (TPSA) is 21.3 Å². The van der Waals surface area contributed by atoms with Crippen LogP contribution in [0.25, 0.3) is 0 Å². The number of hydrogen-bond acceptors (Lipinski definition) is 2. The van der Waals surface area contributed by atoms with Crippen LogP contribution in [0.15, 0.2) is 28.7 Å². The van der Waals surface area contributed by atoms with E-state index in [2.05, 4.69) is 47.2 Å². The minimum atomic E-state index is 0.0399. The lowest BCUT2D eigenvalue weighted by atomic mass is 10.1. The zero-order chi connectivity index (χ0) is 10.2. The molecule has 1 N–H and O–H groups in total. The van der Waals surface area contributed by atoms with Gasteiger partial charge in [0.05, 0.1) is 6.61 Å². The zero-order valence-corrected chi connectivity index (χ0v) is 9.97. The highest BCUT2D eigenvalue weighted by Gasteiger charge is 2.31. The van der Waals surface area contributed by atoms with Gasteiger partial charge in [0.2, 0.25) is 0 Å². The van der Waals surface area contributed by atoms with Crippen molar-refractivity contribution in [2.24, 2.45) is 0 Å².